The van der Waals surface area contributed by atoms with E-state index in [2.05, 4.69) is 5.32 Å². The molecular formula is C15H21NO2. The van der Waals surface area contributed by atoms with Crippen LogP contribution in [0.4, 0.5) is 4.79 Å². The number of rotatable bonds is 3. The SMILES string of the molecule is CC(/C=C/c1ccccc1)NC(=O)OC(C)(C)C. The van der Waals surface area contributed by atoms with Gasteiger partial charge >= 0.3 is 6.09 Å². The van der Waals surface area contributed by atoms with E-state index < -0.39 is 11.7 Å². The quantitative estimate of drug-likeness (QED) is 0.886. The Morgan fingerprint density at radius 1 is 1.28 bits per heavy atom. The van der Waals surface area contributed by atoms with Crippen molar-refractivity contribution in [1.29, 1.82) is 0 Å². The topological polar surface area (TPSA) is 38.3 Å². The maximum Gasteiger partial charge on any atom is 0.408 e. The molecule has 0 saturated carbocycles. The molecule has 0 aliphatic rings. The third-order valence-electron chi connectivity index (χ3n) is 2.12. The molecule has 1 unspecified atom stereocenters. The Kier molecular flexibility index (Phi) is 4.95. The number of benzene rings is 1. The van der Waals surface area contributed by atoms with E-state index in [0.29, 0.717) is 0 Å². The summed E-state index contributed by atoms with van der Waals surface area (Å²) in [7, 11) is 0. The molecule has 98 valence electrons. The Labute approximate surface area is 109 Å². The smallest absolute Gasteiger partial charge is 0.408 e. The van der Waals surface area contributed by atoms with E-state index in [-0.39, 0.29) is 6.04 Å². The lowest BCUT2D eigenvalue weighted by molar-refractivity contribution is 0.0518. The predicted molar refractivity (Wildman–Crippen MR) is 74.3 cm³/mol. The third-order valence-corrected chi connectivity index (χ3v) is 2.12. The van der Waals surface area contributed by atoms with Crippen molar-refractivity contribution in [3.63, 3.8) is 0 Å². The van der Waals surface area contributed by atoms with Gasteiger partial charge in [0.1, 0.15) is 5.60 Å². The monoisotopic (exact) mass is 247 g/mol. The molecule has 0 aliphatic carbocycles. The van der Waals surface area contributed by atoms with Crippen molar-refractivity contribution < 1.29 is 9.53 Å². The summed E-state index contributed by atoms with van der Waals surface area (Å²) >= 11 is 0. The van der Waals surface area contributed by atoms with Crippen molar-refractivity contribution in [3.8, 4) is 0 Å². The largest absolute Gasteiger partial charge is 0.444 e. The van der Waals surface area contributed by atoms with Crippen LogP contribution in [0.2, 0.25) is 0 Å². The highest BCUT2D eigenvalue weighted by molar-refractivity contribution is 5.68. The molecule has 3 heteroatoms. The summed E-state index contributed by atoms with van der Waals surface area (Å²) in [5, 5.41) is 2.76. The van der Waals surface area contributed by atoms with Crippen LogP contribution in [-0.2, 0) is 4.74 Å². The van der Waals surface area contributed by atoms with Crippen LogP contribution in [0.3, 0.4) is 0 Å². The van der Waals surface area contributed by atoms with Crippen molar-refractivity contribution in [1.82, 2.24) is 5.32 Å². The fourth-order valence-electron chi connectivity index (χ4n) is 1.36. The predicted octanol–water partition coefficient (Wildman–Crippen LogP) is 3.61. The summed E-state index contributed by atoms with van der Waals surface area (Å²) in [5.41, 5.74) is 0.641. The van der Waals surface area contributed by atoms with Crippen LogP contribution in [0.1, 0.15) is 33.3 Å². The summed E-state index contributed by atoms with van der Waals surface area (Å²) in [6.07, 6.45) is 3.51. The first-order chi connectivity index (χ1) is 8.37. The van der Waals surface area contributed by atoms with E-state index in [0.717, 1.165) is 5.56 Å². The van der Waals surface area contributed by atoms with Crippen molar-refractivity contribution in [2.75, 3.05) is 0 Å². The molecule has 18 heavy (non-hydrogen) atoms. The van der Waals surface area contributed by atoms with E-state index in [1.807, 2.05) is 70.2 Å². The molecule has 3 nitrogen and oxygen atoms in total. The van der Waals surface area contributed by atoms with E-state index in [4.69, 9.17) is 4.74 Å². The van der Waals surface area contributed by atoms with E-state index >= 15 is 0 Å². The summed E-state index contributed by atoms with van der Waals surface area (Å²) < 4.78 is 5.18. The minimum absolute atomic E-state index is 0.0694. The lowest BCUT2D eigenvalue weighted by Crippen LogP contribution is -2.36. The first kappa shape index (κ1) is 14.3. The Bertz CT molecular complexity index is 404. The molecule has 1 rings (SSSR count). The van der Waals surface area contributed by atoms with E-state index in [9.17, 15) is 4.79 Å². The van der Waals surface area contributed by atoms with Gasteiger partial charge in [-0.1, -0.05) is 42.5 Å². The Morgan fingerprint density at radius 2 is 1.89 bits per heavy atom. The maximum atomic E-state index is 11.5. The molecule has 0 radical (unpaired) electrons. The molecule has 0 fully saturated rings. The minimum atomic E-state index is -0.465. The molecular weight excluding hydrogens is 226 g/mol. The Morgan fingerprint density at radius 3 is 2.44 bits per heavy atom. The first-order valence-corrected chi connectivity index (χ1v) is 6.09. The van der Waals surface area contributed by atoms with Gasteiger partial charge in [0.25, 0.3) is 0 Å². The molecule has 1 N–H and O–H groups in total. The van der Waals surface area contributed by atoms with Crippen LogP contribution in [-0.4, -0.2) is 17.7 Å². The van der Waals surface area contributed by atoms with Gasteiger partial charge in [0.05, 0.1) is 0 Å². The lowest BCUT2D eigenvalue weighted by Gasteiger charge is -2.20. The number of hydrogen-bond donors (Lipinski definition) is 1. The zero-order valence-electron chi connectivity index (χ0n) is 11.4. The zero-order chi connectivity index (χ0) is 13.6. The van der Waals surface area contributed by atoms with Crippen molar-refractivity contribution in [2.45, 2.75) is 39.3 Å². The van der Waals surface area contributed by atoms with Gasteiger partial charge in [-0.3, -0.25) is 0 Å². The summed E-state index contributed by atoms with van der Waals surface area (Å²) in [6.45, 7) is 7.44. The van der Waals surface area contributed by atoms with Crippen LogP contribution in [0.25, 0.3) is 6.08 Å². The fraction of sp³-hybridized carbons (Fsp3) is 0.400. The zero-order valence-corrected chi connectivity index (χ0v) is 11.4. The van der Waals surface area contributed by atoms with Crippen LogP contribution < -0.4 is 5.32 Å². The van der Waals surface area contributed by atoms with Gasteiger partial charge in [-0.05, 0) is 33.3 Å². The first-order valence-electron chi connectivity index (χ1n) is 6.09. The summed E-state index contributed by atoms with van der Waals surface area (Å²) in [5.74, 6) is 0. The maximum absolute atomic E-state index is 11.5. The standard InChI is InChI=1S/C15H21NO2/c1-12(16-14(17)18-15(2,3)4)10-11-13-8-6-5-7-9-13/h5-12H,1-4H3,(H,16,17)/b11-10+. The molecule has 0 saturated heterocycles. The molecule has 0 bridgehead atoms. The highest BCUT2D eigenvalue weighted by Gasteiger charge is 2.16. The number of amides is 1. The normalized spacial score (nSPS) is 13.3. The molecule has 1 aromatic rings. The van der Waals surface area contributed by atoms with Crippen LogP contribution in [0.5, 0.6) is 0 Å². The molecule has 0 heterocycles. The van der Waals surface area contributed by atoms with Gasteiger partial charge in [0.15, 0.2) is 0 Å². The van der Waals surface area contributed by atoms with Gasteiger partial charge in [0.2, 0.25) is 0 Å². The van der Waals surface area contributed by atoms with Gasteiger partial charge < -0.3 is 10.1 Å². The highest BCUT2D eigenvalue weighted by atomic mass is 16.6. The highest BCUT2D eigenvalue weighted by Crippen LogP contribution is 2.07. The molecule has 1 atom stereocenters. The summed E-state index contributed by atoms with van der Waals surface area (Å²) in [4.78, 5) is 11.5. The van der Waals surface area contributed by atoms with Gasteiger partial charge in [-0.2, -0.15) is 0 Å². The molecule has 1 aromatic carbocycles. The van der Waals surface area contributed by atoms with Gasteiger partial charge in [-0.25, -0.2) is 4.79 Å². The van der Waals surface area contributed by atoms with Crippen molar-refractivity contribution in [3.05, 3.63) is 42.0 Å². The van der Waals surface area contributed by atoms with E-state index in [1.54, 1.807) is 0 Å². The van der Waals surface area contributed by atoms with Crippen LogP contribution in [0.15, 0.2) is 36.4 Å². The second-order valence-electron chi connectivity index (χ2n) is 5.20. The average Bonchev–Trinajstić information content (AvgIpc) is 2.25. The second kappa shape index (κ2) is 6.24. The number of carbonyl (C=O) groups is 1. The van der Waals surface area contributed by atoms with E-state index in [1.165, 1.54) is 0 Å². The van der Waals surface area contributed by atoms with Crippen molar-refractivity contribution >= 4 is 12.2 Å². The molecule has 0 aromatic heterocycles. The van der Waals surface area contributed by atoms with Crippen molar-refractivity contribution in [2.24, 2.45) is 0 Å². The van der Waals surface area contributed by atoms with Gasteiger partial charge in [0, 0.05) is 6.04 Å². The van der Waals surface area contributed by atoms with Crippen LogP contribution >= 0.6 is 0 Å². The minimum Gasteiger partial charge on any atom is -0.444 e. The fourth-order valence-corrected chi connectivity index (χ4v) is 1.36. The lowest BCUT2D eigenvalue weighted by atomic mass is 10.2. The third kappa shape index (κ3) is 6.09. The number of nitrogens with one attached hydrogen (secondary N) is 1. The number of ether oxygens (including phenoxy) is 1. The van der Waals surface area contributed by atoms with Gasteiger partial charge in [-0.15, -0.1) is 0 Å². The number of alkyl carbamates (subject to hydrolysis) is 1. The molecule has 0 spiro atoms. The Hall–Kier alpha value is -1.77. The average molecular weight is 247 g/mol. The summed E-state index contributed by atoms with van der Waals surface area (Å²) in [6, 6.07) is 9.88. The second-order valence-corrected chi connectivity index (χ2v) is 5.20. The molecule has 1 amide bonds. The number of carbonyl (C=O) groups excluding carboxylic acids is 1. The number of hydrogen-bond acceptors (Lipinski definition) is 2. The van der Waals surface area contributed by atoms with Crippen LogP contribution in [0, 0.1) is 0 Å². The Balaban J connectivity index is 2.45. The molecule has 0 aliphatic heterocycles.